The molecule has 7 heteroatoms. The second kappa shape index (κ2) is 11.7. The average Bonchev–Trinajstić information content (AvgIpc) is 2.77. The lowest BCUT2D eigenvalue weighted by Gasteiger charge is -2.24. The minimum absolute atomic E-state index is 0.0561. The Morgan fingerprint density at radius 2 is 1.65 bits per heavy atom. The minimum atomic E-state index is -3.89. The summed E-state index contributed by atoms with van der Waals surface area (Å²) in [7, 11) is -0.974. The van der Waals surface area contributed by atoms with Gasteiger partial charge in [-0.1, -0.05) is 50.1 Å². The molecule has 0 saturated carbocycles. The molecule has 0 radical (unpaired) electrons. The molecule has 2 aromatic rings. The highest BCUT2D eigenvalue weighted by Crippen LogP contribution is 2.34. The summed E-state index contributed by atoms with van der Waals surface area (Å²) in [5.74, 6) is -1.31. The number of unbranched alkanes of at least 4 members (excludes halogenated alkanes) is 1. The lowest BCUT2D eigenvalue weighted by molar-refractivity contribution is -0.142. The van der Waals surface area contributed by atoms with Gasteiger partial charge in [-0.25, -0.2) is 8.42 Å². The molecule has 0 heterocycles. The lowest BCUT2D eigenvalue weighted by Crippen LogP contribution is -2.35. The van der Waals surface area contributed by atoms with Crippen molar-refractivity contribution in [2.24, 2.45) is 5.92 Å². The van der Waals surface area contributed by atoms with E-state index in [0.29, 0.717) is 37.2 Å². The van der Waals surface area contributed by atoms with E-state index in [-0.39, 0.29) is 4.90 Å². The van der Waals surface area contributed by atoms with Crippen molar-refractivity contribution >= 4 is 15.8 Å². The van der Waals surface area contributed by atoms with Crippen molar-refractivity contribution in [1.82, 2.24) is 0 Å². The Kier molecular flexibility index (Phi) is 9.37. The van der Waals surface area contributed by atoms with Crippen molar-refractivity contribution in [2.75, 3.05) is 14.2 Å². The first-order valence-corrected chi connectivity index (χ1v) is 12.1. The second-order valence-corrected chi connectivity index (χ2v) is 9.73. The molecule has 2 aromatic carbocycles. The third-order valence-electron chi connectivity index (χ3n) is 5.49. The van der Waals surface area contributed by atoms with Gasteiger partial charge in [-0.15, -0.1) is 0 Å². The Labute approximate surface area is 185 Å². The summed E-state index contributed by atoms with van der Waals surface area (Å²) in [6.07, 6.45) is 3.44. The maximum Gasteiger partial charge on any atom is 0.307 e. The molecular weight excluding hydrogens is 416 g/mol. The van der Waals surface area contributed by atoms with Crippen LogP contribution in [0.1, 0.15) is 44.6 Å². The Bertz CT molecular complexity index is 940. The Morgan fingerprint density at radius 1 is 0.968 bits per heavy atom. The average molecular weight is 449 g/mol. The van der Waals surface area contributed by atoms with Crippen molar-refractivity contribution in [3.63, 3.8) is 0 Å². The first-order valence-electron chi connectivity index (χ1n) is 10.6. The molecule has 0 aliphatic rings. The van der Waals surface area contributed by atoms with Crippen LogP contribution in [0.15, 0.2) is 53.4 Å². The number of aliphatic carboxylic acids is 1. The molecular formula is C24H32O6S. The van der Waals surface area contributed by atoms with Crippen LogP contribution in [0.3, 0.4) is 0 Å². The van der Waals surface area contributed by atoms with E-state index < -0.39 is 27.0 Å². The number of carboxylic acid groups (broad SMARTS) is 1. The number of aryl methyl sites for hydroxylation is 1. The zero-order chi connectivity index (χ0) is 22.9. The van der Waals surface area contributed by atoms with Crippen LogP contribution in [0.2, 0.25) is 0 Å². The van der Waals surface area contributed by atoms with Gasteiger partial charge in [-0.2, -0.15) is 0 Å². The van der Waals surface area contributed by atoms with Crippen molar-refractivity contribution in [3.05, 3.63) is 54.1 Å². The summed E-state index contributed by atoms with van der Waals surface area (Å²) in [5.41, 5.74) is 1.19. The van der Waals surface area contributed by atoms with Gasteiger partial charge in [0.15, 0.2) is 21.3 Å². The number of sulfone groups is 1. The van der Waals surface area contributed by atoms with Crippen LogP contribution >= 0.6 is 0 Å². The fourth-order valence-electron chi connectivity index (χ4n) is 3.84. The normalized spacial score (nSPS) is 13.4. The number of methoxy groups -OCH3 is 2. The van der Waals surface area contributed by atoms with Gasteiger partial charge in [-0.3, -0.25) is 4.79 Å². The zero-order valence-corrected chi connectivity index (χ0v) is 19.2. The number of benzene rings is 2. The van der Waals surface area contributed by atoms with Crippen LogP contribution < -0.4 is 9.47 Å². The van der Waals surface area contributed by atoms with E-state index in [1.807, 2.05) is 37.3 Å². The monoisotopic (exact) mass is 448 g/mol. The number of rotatable bonds is 13. The summed E-state index contributed by atoms with van der Waals surface area (Å²) in [5, 5.41) is 8.79. The van der Waals surface area contributed by atoms with E-state index in [4.69, 9.17) is 9.47 Å². The van der Waals surface area contributed by atoms with Gasteiger partial charge >= 0.3 is 5.97 Å². The van der Waals surface area contributed by atoms with E-state index in [0.717, 1.165) is 12.8 Å². The molecule has 0 bridgehead atoms. The van der Waals surface area contributed by atoms with Crippen LogP contribution in [0, 0.1) is 5.92 Å². The number of hydrogen-bond donors (Lipinski definition) is 1. The molecule has 1 N–H and O–H groups in total. The highest BCUT2D eigenvalue weighted by Gasteiger charge is 2.38. The molecule has 170 valence electrons. The van der Waals surface area contributed by atoms with Crippen LogP contribution in [0.4, 0.5) is 0 Å². The summed E-state index contributed by atoms with van der Waals surface area (Å²) >= 11 is 0. The van der Waals surface area contributed by atoms with Crippen molar-refractivity contribution < 1.29 is 27.8 Å². The Balaban J connectivity index is 2.28. The summed E-state index contributed by atoms with van der Waals surface area (Å²) < 4.78 is 37.5. The molecule has 0 fully saturated rings. The first-order chi connectivity index (χ1) is 14.8. The predicted octanol–water partition coefficient (Wildman–Crippen LogP) is 4.76. The zero-order valence-electron chi connectivity index (χ0n) is 18.4. The van der Waals surface area contributed by atoms with Crippen molar-refractivity contribution in [1.29, 1.82) is 0 Å². The minimum Gasteiger partial charge on any atom is -0.493 e. The van der Waals surface area contributed by atoms with Crippen LogP contribution in [0.25, 0.3) is 0 Å². The standard InChI is InChI=1S/C24H32O6S/c1-4-10-20(24(25)26)23(14-9-8-13-18-11-6-5-7-12-18)31(27,28)19-15-16-21(29-2)22(17-19)30-3/h5-7,11-12,15-17,20,23H,4,8-10,13-14H2,1-3H3,(H,25,26). The van der Waals surface area contributed by atoms with Crippen molar-refractivity contribution in [3.8, 4) is 11.5 Å². The number of carboxylic acids is 1. The summed E-state index contributed by atoms with van der Waals surface area (Å²) in [6.45, 7) is 1.87. The first kappa shape index (κ1) is 24.7. The van der Waals surface area contributed by atoms with Gasteiger partial charge in [0.2, 0.25) is 0 Å². The van der Waals surface area contributed by atoms with Crippen LogP contribution in [0.5, 0.6) is 11.5 Å². The maximum absolute atomic E-state index is 13.5. The molecule has 2 unspecified atom stereocenters. The number of ether oxygens (including phenoxy) is 2. The molecule has 2 rings (SSSR count). The van der Waals surface area contributed by atoms with Crippen LogP contribution in [-0.4, -0.2) is 39.0 Å². The van der Waals surface area contributed by atoms with Gasteiger partial charge in [0, 0.05) is 6.07 Å². The number of hydrogen-bond acceptors (Lipinski definition) is 5. The van der Waals surface area contributed by atoms with E-state index >= 15 is 0 Å². The molecule has 0 aliphatic carbocycles. The molecule has 0 aliphatic heterocycles. The topological polar surface area (TPSA) is 89.9 Å². The fourth-order valence-corrected chi connectivity index (χ4v) is 5.88. The van der Waals surface area contributed by atoms with E-state index in [1.54, 1.807) is 0 Å². The predicted molar refractivity (Wildman–Crippen MR) is 121 cm³/mol. The Morgan fingerprint density at radius 3 is 2.23 bits per heavy atom. The second-order valence-electron chi connectivity index (χ2n) is 7.57. The molecule has 0 saturated heterocycles. The molecule has 6 nitrogen and oxygen atoms in total. The SMILES string of the molecule is CCCC(C(=O)O)C(CCCCc1ccccc1)S(=O)(=O)c1ccc(OC)c(OC)c1. The Hall–Kier alpha value is -2.54. The summed E-state index contributed by atoms with van der Waals surface area (Å²) in [4.78, 5) is 12.0. The van der Waals surface area contributed by atoms with Crippen molar-refractivity contribution in [2.45, 2.75) is 55.6 Å². The third kappa shape index (κ3) is 6.47. The lowest BCUT2D eigenvalue weighted by atomic mass is 9.95. The quantitative estimate of drug-likeness (QED) is 0.444. The molecule has 0 amide bonds. The summed E-state index contributed by atoms with van der Waals surface area (Å²) in [6, 6.07) is 14.4. The highest BCUT2D eigenvalue weighted by atomic mass is 32.2. The van der Waals surface area contributed by atoms with E-state index in [2.05, 4.69) is 0 Å². The van der Waals surface area contributed by atoms with E-state index in [9.17, 15) is 18.3 Å². The van der Waals surface area contributed by atoms with Gasteiger partial charge in [0.25, 0.3) is 0 Å². The van der Waals surface area contributed by atoms with Gasteiger partial charge < -0.3 is 14.6 Å². The van der Waals surface area contributed by atoms with Gasteiger partial charge in [-0.05, 0) is 43.4 Å². The molecule has 0 aromatic heterocycles. The third-order valence-corrected chi connectivity index (χ3v) is 7.77. The molecule has 2 atom stereocenters. The van der Waals surface area contributed by atoms with Gasteiger partial charge in [0.1, 0.15) is 0 Å². The molecule has 0 spiro atoms. The maximum atomic E-state index is 13.5. The van der Waals surface area contributed by atoms with E-state index in [1.165, 1.54) is 38.0 Å². The highest BCUT2D eigenvalue weighted by molar-refractivity contribution is 7.92. The number of carbonyl (C=O) groups is 1. The largest absolute Gasteiger partial charge is 0.493 e. The smallest absolute Gasteiger partial charge is 0.307 e. The molecule has 31 heavy (non-hydrogen) atoms. The van der Waals surface area contributed by atoms with Gasteiger partial charge in [0.05, 0.1) is 30.3 Å². The fraction of sp³-hybridized carbons (Fsp3) is 0.458. The van der Waals surface area contributed by atoms with Crippen LogP contribution in [-0.2, 0) is 21.1 Å².